The molecule has 0 N–H and O–H groups in total. The van der Waals surface area contributed by atoms with Crippen LogP contribution in [0.1, 0.15) is 53.4 Å². The fourth-order valence-electron chi connectivity index (χ4n) is 5.28. The molecule has 0 radical (unpaired) electrons. The SMILES string of the molecule is CC(C)[C+]1C2CCC3(C)C1CC(C2)C3C. The van der Waals surface area contributed by atoms with Crippen LogP contribution in [0.25, 0.3) is 0 Å². The Morgan fingerprint density at radius 3 is 2.67 bits per heavy atom. The van der Waals surface area contributed by atoms with E-state index in [0.717, 1.165) is 29.6 Å². The highest BCUT2D eigenvalue weighted by molar-refractivity contribution is 5.21. The van der Waals surface area contributed by atoms with Crippen molar-refractivity contribution in [3.63, 3.8) is 0 Å². The van der Waals surface area contributed by atoms with Gasteiger partial charge in [-0.25, -0.2) is 0 Å². The Hall–Kier alpha value is -0.130. The monoisotopic (exact) mass is 205 g/mol. The standard InChI is InChI=1S/C15H25/c1-9(2)14-11-5-6-15(4)10(3)12(7-11)8-13(14)15/h9-13H,5-8H2,1-4H3/q+1. The molecule has 0 heteroatoms. The maximum Gasteiger partial charge on any atom is 0.107 e. The first-order valence-corrected chi connectivity index (χ1v) is 6.90. The predicted molar refractivity (Wildman–Crippen MR) is 64.3 cm³/mol. The summed E-state index contributed by atoms with van der Waals surface area (Å²) in [6.45, 7) is 9.98. The van der Waals surface area contributed by atoms with Crippen molar-refractivity contribution in [1.29, 1.82) is 0 Å². The van der Waals surface area contributed by atoms with Gasteiger partial charge in [-0.15, -0.1) is 0 Å². The van der Waals surface area contributed by atoms with Crippen molar-refractivity contribution in [1.82, 2.24) is 0 Å². The summed E-state index contributed by atoms with van der Waals surface area (Å²) in [6, 6.07) is 0. The third-order valence-electron chi connectivity index (χ3n) is 6.24. The van der Waals surface area contributed by atoms with E-state index < -0.39 is 0 Å². The third kappa shape index (κ3) is 1.11. The van der Waals surface area contributed by atoms with Gasteiger partial charge < -0.3 is 0 Å². The van der Waals surface area contributed by atoms with Crippen molar-refractivity contribution >= 4 is 0 Å². The Kier molecular flexibility index (Phi) is 1.98. The zero-order chi connectivity index (χ0) is 10.8. The van der Waals surface area contributed by atoms with Gasteiger partial charge in [0.1, 0.15) is 11.8 Å². The Balaban J connectivity index is 2.00. The van der Waals surface area contributed by atoms with Crippen LogP contribution in [0.5, 0.6) is 0 Å². The van der Waals surface area contributed by atoms with Crippen LogP contribution in [0.15, 0.2) is 0 Å². The van der Waals surface area contributed by atoms with Crippen LogP contribution in [-0.4, -0.2) is 0 Å². The molecule has 0 amide bonds. The lowest BCUT2D eigenvalue weighted by molar-refractivity contribution is 0.0954. The van der Waals surface area contributed by atoms with Gasteiger partial charge in [-0.2, -0.15) is 0 Å². The minimum absolute atomic E-state index is 0.678. The Morgan fingerprint density at radius 1 is 1.27 bits per heavy atom. The number of fused-ring (bicyclic) bond motifs is 2. The zero-order valence-electron chi connectivity index (χ0n) is 10.7. The van der Waals surface area contributed by atoms with Gasteiger partial charge in [0.25, 0.3) is 0 Å². The van der Waals surface area contributed by atoms with Gasteiger partial charge in [-0.1, -0.05) is 13.8 Å². The van der Waals surface area contributed by atoms with Crippen molar-refractivity contribution in [3.05, 3.63) is 5.92 Å². The van der Waals surface area contributed by atoms with Crippen molar-refractivity contribution < 1.29 is 0 Å². The molecule has 3 fully saturated rings. The molecule has 3 bridgehead atoms. The van der Waals surface area contributed by atoms with Crippen LogP contribution in [0.3, 0.4) is 0 Å². The Bertz CT molecular complexity index is 265. The van der Waals surface area contributed by atoms with Gasteiger partial charge in [0.05, 0.1) is 11.8 Å². The van der Waals surface area contributed by atoms with Crippen LogP contribution in [0.2, 0.25) is 0 Å². The van der Waals surface area contributed by atoms with E-state index in [4.69, 9.17) is 0 Å². The summed E-state index contributed by atoms with van der Waals surface area (Å²) in [7, 11) is 0. The smallest absolute Gasteiger partial charge is 0.0615 e. The summed E-state index contributed by atoms with van der Waals surface area (Å²) in [5, 5.41) is 0. The van der Waals surface area contributed by atoms with Crippen molar-refractivity contribution in [2.75, 3.05) is 0 Å². The maximum absolute atomic E-state index is 2.59. The second kappa shape index (κ2) is 2.96. The van der Waals surface area contributed by atoms with Gasteiger partial charge in [-0.3, -0.25) is 0 Å². The summed E-state index contributed by atoms with van der Waals surface area (Å²) in [6.07, 6.45) is 6.07. The average Bonchev–Trinajstić information content (AvgIpc) is 2.31. The summed E-state index contributed by atoms with van der Waals surface area (Å²) < 4.78 is 0. The van der Waals surface area contributed by atoms with Crippen molar-refractivity contribution in [2.24, 2.45) is 35.0 Å². The van der Waals surface area contributed by atoms with E-state index in [2.05, 4.69) is 27.7 Å². The first kappa shape index (κ1) is 10.1. The van der Waals surface area contributed by atoms with Crippen LogP contribution < -0.4 is 0 Å². The van der Waals surface area contributed by atoms with Crippen LogP contribution >= 0.6 is 0 Å². The second-order valence-corrected chi connectivity index (χ2v) is 6.97. The first-order valence-electron chi connectivity index (χ1n) is 6.90. The van der Waals surface area contributed by atoms with E-state index in [9.17, 15) is 0 Å². The molecule has 0 heterocycles. The first-order chi connectivity index (χ1) is 7.04. The number of hydrogen-bond acceptors (Lipinski definition) is 0. The van der Waals surface area contributed by atoms with Crippen molar-refractivity contribution in [3.8, 4) is 0 Å². The lowest BCUT2D eigenvalue weighted by atomic mass is 9.56. The van der Waals surface area contributed by atoms with E-state index in [1.165, 1.54) is 25.7 Å². The molecule has 3 saturated carbocycles. The molecule has 0 spiro atoms. The quantitative estimate of drug-likeness (QED) is 0.560. The maximum atomic E-state index is 2.59. The molecule has 0 saturated heterocycles. The largest absolute Gasteiger partial charge is 0.107 e. The average molecular weight is 205 g/mol. The molecule has 3 rings (SSSR count). The van der Waals surface area contributed by atoms with Crippen LogP contribution in [-0.2, 0) is 0 Å². The second-order valence-electron chi connectivity index (χ2n) is 6.97. The molecule has 3 aliphatic carbocycles. The lowest BCUT2D eigenvalue weighted by Crippen LogP contribution is -2.40. The molecule has 84 valence electrons. The summed E-state index contributed by atoms with van der Waals surface area (Å²) in [4.78, 5) is 0. The Morgan fingerprint density at radius 2 is 2.00 bits per heavy atom. The van der Waals surface area contributed by atoms with Gasteiger partial charge in [-0.05, 0) is 51.4 Å². The lowest BCUT2D eigenvalue weighted by Gasteiger charge is -2.41. The third-order valence-corrected chi connectivity index (χ3v) is 6.24. The summed E-state index contributed by atoms with van der Waals surface area (Å²) >= 11 is 0. The molecule has 3 aliphatic rings. The van der Waals surface area contributed by atoms with Gasteiger partial charge in [0.15, 0.2) is 0 Å². The molecule has 5 unspecified atom stereocenters. The normalized spacial score (nSPS) is 53.0. The van der Waals surface area contributed by atoms with Gasteiger partial charge >= 0.3 is 0 Å². The number of hydrogen-bond donors (Lipinski definition) is 0. The predicted octanol–water partition coefficient (Wildman–Crippen LogP) is 4.31. The van der Waals surface area contributed by atoms with Crippen molar-refractivity contribution in [2.45, 2.75) is 53.4 Å². The minimum Gasteiger partial charge on any atom is -0.0615 e. The highest BCUT2D eigenvalue weighted by Gasteiger charge is 2.66. The van der Waals surface area contributed by atoms with E-state index >= 15 is 0 Å². The summed E-state index contributed by atoms with van der Waals surface area (Å²) in [5.74, 6) is 6.85. The van der Waals surface area contributed by atoms with E-state index in [0.29, 0.717) is 5.41 Å². The molecular formula is C15H25+. The van der Waals surface area contributed by atoms with Gasteiger partial charge in [0.2, 0.25) is 0 Å². The van der Waals surface area contributed by atoms with Crippen LogP contribution in [0.4, 0.5) is 0 Å². The molecular weight excluding hydrogens is 180 g/mol. The van der Waals surface area contributed by atoms with Crippen LogP contribution in [0, 0.1) is 40.9 Å². The highest BCUT2D eigenvalue weighted by atomic mass is 14.6. The molecule has 0 aromatic heterocycles. The molecule has 5 atom stereocenters. The fourth-order valence-corrected chi connectivity index (χ4v) is 5.28. The zero-order valence-corrected chi connectivity index (χ0v) is 10.7. The molecule has 15 heavy (non-hydrogen) atoms. The highest BCUT2D eigenvalue weighted by Crippen LogP contribution is 2.68. The van der Waals surface area contributed by atoms with E-state index in [-0.39, 0.29) is 0 Å². The molecule has 0 nitrogen and oxygen atoms in total. The minimum atomic E-state index is 0.678. The molecule has 0 aromatic rings. The molecule has 0 aliphatic heterocycles. The van der Waals surface area contributed by atoms with E-state index in [1.54, 1.807) is 0 Å². The number of rotatable bonds is 1. The van der Waals surface area contributed by atoms with Gasteiger partial charge in [0, 0.05) is 5.41 Å². The summed E-state index contributed by atoms with van der Waals surface area (Å²) in [5.41, 5.74) is 0.678. The topological polar surface area (TPSA) is 0 Å². The fraction of sp³-hybridized carbons (Fsp3) is 0.933. The Labute approximate surface area is 94.8 Å². The van der Waals surface area contributed by atoms with E-state index in [1.807, 2.05) is 5.92 Å². The molecule has 0 aromatic carbocycles.